The molecule has 2 aromatic rings. The molecular weight excluding hydrogens is 295 g/mol. The second-order valence-electron chi connectivity index (χ2n) is 4.54. The van der Waals surface area contributed by atoms with Crippen LogP contribution in [0.15, 0.2) is 35.4 Å². The van der Waals surface area contributed by atoms with Crippen LogP contribution in [0.5, 0.6) is 0 Å². The highest BCUT2D eigenvalue weighted by molar-refractivity contribution is 7.84. The van der Waals surface area contributed by atoms with Gasteiger partial charge in [0.2, 0.25) is 0 Å². The largest absolute Gasteiger partial charge is 0.278 e. The van der Waals surface area contributed by atoms with Gasteiger partial charge in [-0.15, -0.1) is 0 Å². The van der Waals surface area contributed by atoms with Crippen molar-refractivity contribution in [2.45, 2.75) is 24.5 Å². The first kappa shape index (κ1) is 15.2. The number of nitrogens with zero attached hydrogens (tertiary/aromatic N) is 2. The van der Waals surface area contributed by atoms with Crippen molar-refractivity contribution in [2.75, 3.05) is 0 Å². The molecule has 0 aliphatic rings. The van der Waals surface area contributed by atoms with Crippen LogP contribution in [0.25, 0.3) is 0 Å². The van der Waals surface area contributed by atoms with Gasteiger partial charge < -0.3 is 0 Å². The van der Waals surface area contributed by atoms with E-state index in [1.807, 2.05) is 0 Å². The highest BCUT2D eigenvalue weighted by atomic mass is 32.2. The molecule has 1 unspecified atom stereocenters. The van der Waals surface area contributed by atoms with Crippen LogP contribution in [0.2, 0.25) is 0 Å². The highest BCUT2D eigenvalue weighted by Crippen LogP contribution is 2.26. The molecule has 1 heterocycles. The smallest absolute Gasteiger partial charge is 0.259 e. The summed E-state index contributed by atoms with van der Waals surface area (Å²) in [5, 5.41) is 11.0. The summed E-state index contributed by atoms with van der Waals surface area (Å²) in [6.07, 6.45) is 1.37. The fourth-order valence-electron chi connectivity index (χ4n) is 2.02. The van der Waals surface area contributed by atoms with Crippen LogP contribution in [-0.2, 0) is 16.6 Å². The van der Waals surface area contributed by atoms with E-state index in [2.05, 4.69) is 4.98 Å². The van der Waals surface area contributed by atoms with Gasteiger partial charge in [0, 0.05) is 17.3 Å². The van der Waals surface area contributed by atoms with Gasteiger partial charge in [-0.05, 0) is 26.0 Å². The Bertz CT molecular complexity index is 734. The van der Waals surface area contributed by atoms with Gasteiger partial charge in [0.15, 0.2) is 0 Å². The lowest BCUT2D eigenvalue weighted by atomic mass is 10.1. The number of aryl methyl sites for hydroxylation is 1. The van der Waals surface area contributed by atoms with E-state index in [0.29, 0.717) is 16.8 Å². The zero-order chi connectivity index (χ0) is 15.6. The number of hydrogen-bond acceptors (Lipinski definition) is 4. The number of pyridine rings is 1. The van der Waals surface area contributed by atoms with Crippen LogP contribution in [0, 0.1) is 29.8 Å². The van der Waals surface area contributed by atoms with Crippen LogP contribution in [-0.4, -0.2) is 14.1 Å². The first-order valence-corrected chi connectivity index (χ1v) is 7.46. The Morgan fingerprint density at radius 2 is 2.00 bits per heavy atom. The minimum Gasteiger partial charge on any atom is -0.259 e. The number of halogens is 1. The third-order valence-corrected chi connectivity index (χ3v) is 4.47. The third-order valence-electron chi connectivity index (χ3n) is 3.11. The maximum atomic E-state index is 13.6. The van der Waals surface area contributed by atoms with E-state index in [9.17, 15) is 18.7 Å². The lowest BCUT2D eigenvalue weighted by molar-refractivity contribution is -0.386. The molecule has 0 aliphatic carbocycles. The molecule has 110 valence electrons. The Labute approximate surface area is 123 Å². The number of benzene rings is 1. The van der Waals surface area contributed by atoms with Gasteiger partial charge >= 0.3 is 0 Å². The molecule has 0 amide bonds. The number of aromatic nitrogens is 1. The van der Waals surface area contributed by atoms with E-state index in [0.717, 1.165) is 0 Å². The first-order chi connectivity index (χ1) is 9.91. The van der Waals surface area contributed by atoms with Crippen molar-refractivity contribution in [3.63, 3.8) is 0 Å². The van der Waals surface area contributed by atoms with Crippen molar-refractivity contribution in [1.29, 1.82) is 0 Å². The zero-order valence-electron chi connectivity index (χ0n) is 11.5. The van der Waals surface area contributed by atoms with Crippen LogP contribution in [0.1, 0.15) is 16.8 Å². The molecule has 21 heavy (non-hydrogen) atoms. The van der Waals surface area contributed by atoms with Crippen molar-refractivity contribution < 1.29 is 13.5 Å². The van der Waals surface area contributed by atoms with Crippen molar-refractivity contribution in [3.05, 3.63) is 63.2 Å². The van der Waals surface area contributed by atoms with Gasteiger partial charge in [0.05, 0.1) is 32.1 Å². The van der Waals surface area contributed by atoms with E-state index in [-0.39, 0.29) is 16.3 Å². The lowest BCUT2D eigenvalue weighted by Gasteiger charge is -2.08. The summed E-state index contributed by atoms with van der Waals surface area (Å²) in [6.45, 7) is 3.15. The molecule has 1 aromatic carbocycles. The Morgan fingerprint density at radius 1 is 1.33 bits per heavy atom. The predicted octanol–water partition coefficient (Wildman–Crippen LogP) is 3.05. The summed E-state index contributed by atoms with van der Waals surface area (Å²) in [5.41, 5.74) is 1.11. The quantitative estimate of drug-likeness (QED) is 0.643. The Morgan fingerprint density at radius 3 is 2.62 bits per heavy atom. The van der Waals surface area contributed by atoms with Gasteiger partial charge in [-0.2, -0.15) is 0 Å². The molecule has 0 radical (unpaired) electrons. The molecule has 0 saturated carbocycles. The minimum absolute atomic E-state index is 0.0365. The molecule has 5 nitrogen and oxygen atoms in total. The molecule has 1 atom stereocenters. The predicted molar refractivity (Wildman–Crippen MR) is 76.9 cm³/mol. The maximum absolute atomic E-state index is 13.6. The number of rotatable bonds is 4. The minimum atomic E-state index is -1.64. The van der Waals surface area contributed by atoms with Gasteiger partial charge in [-0.3, -0.25) is 19.3 Å². The second-order valence-corrected chi connectivity index (χ2v) is 5.96. The Kier molecular flexibility index (Phi) is 4.42. The van der Waals surface area contributed by atoms with Crippen LogP contribution >= 0.6 is 0 Å². The Balaban J connectivity index is 2.37. The monoisotopic (exact) mass is 308 g/mol. The molecule has 1 aromatic heterocycles. The molecule has 0 bridgehead atoms. The summed E-state index contributed by atoms with van der Waals surface area (Å²) in [7, 11) is -1.64. The Hall–Kier alpha value is -2.15. The zero-order valence-corrected chi connectivity index (χ0v) is 12.3. The average Bonchev–Trinajstić information content (AvgIpc) is 2.42. The average molecular weight is 308 g/mol. The maximum Gasteiger partial charge on any atom is 0.278 e. The number of nitro groups is 1. The summed E-state index contributed by atoms with van der Waals surface area (Å²) >= 11 is 0. The number of hydrogen-bond donors (Lipinski definition) is 0. The fourth-order valence-corrected chi connectivity index (χ4v) is 3.23. The van der Waals surface area contributed by atoms with E-state index >= 15 is 0 Å². The molecule has 2 rings (SSSR count). The SMILES string of the molecule is Cc1cnc(CS(=O)c2ccccc2F)c(C)c1[N+](=O)[O-]. The molecule has 0 N–H and O–H groups in total. The van der Waals surface area contributed by atoms with E-state index in [4.69, 9.17) is 0 Å². The van der Waals surface area contributed by atoms with Gasteiger partial charge in [-0.25, -0.2) is 4.39 Å². The normalized spacial score (nSPS) is 12.1. The summed E-state index contributed by atoms with van der Waals surface area (Å²) in [5.74, 6) is -0.622. The lowest BCUT2D eigenvalue weighted by Crippen LogP contribution is -2.06. The second kappa shape index (κ2) is 6.09. The van der Waals surface area contributed by atoms with Crippen molar-refractivity contribution in [2.24, 2.45) is 0 Å². The van der Waals surface area contributed by atoms with Gasteiger partial charge in [0.25, 0.3) is 5.69 Å². The first-order valence-electron chi connectivity index (χ1n) is 6.14. The summed E-state index contributed by atoms with van der Waals surface area (Å²) in [4.78, 5) is 14.7. The molecule has 0 saturated heterocycles. The van der Waals surface area contributed by atoms with Gasteiger partial charge in [-0.1, -0.05) is 12.1 Å². The highest BCUT2D eigenvalue weighted by Gasteiger charge is 2.20. The third kappa shape index (κ3) is 3.13. The van der Waals surface area contributed by atoms with E-state index in [1.54, 1.807) is 19.9 Å². The van der Waals surface area contributed by atoms with Crippen LogP contribution in [0.3, 0.4) is 0 Å². The van der Waals surface area contributed by atoms with E-state index in [1.165, 1.54) is 24.4 Å². The van der Waals surface area contributed by atoms with Gasteiger partial charge in [0.1, 0.15) is 5.82 Å². The molecule has 0 spiro atoms. The van der Waals surface area contributed by atoms with Crippen molar-refractivity contribution in [1.82, 2.24) is 4.98 Å². The van der Waals surface area contributed by atoms with Crippen LogP contribution < -0.4 is 0 Å². The summed E-state index contributed by atoms with van der Waals surface area (Å²) < 4.78 is 25.8. The molecular formula is C14H13FN2O3S. The summed E-state index contributed by atoms with van der Waals surface area (Å²) in [6, 6.07) is 5.76. The topological polar surface area (TPSA) is 73.1 Å². The van der Waals surface area contributed by atoms with E-state index < -0.39 is 21.5 Å². The molecule has 0 aliphatic heterocycles. The van der Waals surface area contributed by atoms with Crippen molar-refractivity contribution in [3.8, 4) is 0 Å². The standard InChI is InChI=1S/C14H13FN2O3S/c1-9-7-16-12(10(2)14(9)17(18)19)8-21(20)13-6-4-3-5-11(13)15/h3-7H,8H2,1-2H3. The fraction of sp³-hybridized carbons (Fsp3) is 0.214. The van der Waals surface area contributed by atoms with Crippen LogP contribution in [0.4, 0.5) is 10.1 Å². The van der Waals surface area contributed by atoms with Crippen molar-refractivity contribution >= 4 is 16.5 Å². The molecule has 0 fully saturated rings. The molecule has 7 heteroatoms.